The third kappa shape index (κ3) is 2.56. The third-order valence-electron chi connectivity index (χ3n) is 3.19. The van der Waals surface area contributed by atoms with Crippen LogP contribution in [0.3, 0.4) is 0 Å². The summed E-state index contributed by atoms with van der Waals surface area (Å²) in [5, 5.41) is 3.55. The molecule has 0 radical (unpaired) electrons. The zero-order chi connectivity index (χ0) is 11.4. The van der Waals surface area contributed by atoms with Crippen LogP contribution in [0.1, 0.15) is 37.8 Å². The first-order valence-corrected chi connectivity index (χ1v) is 6.31. The summed E-state index contributed by atoms with van der Waals surface area (Å²) in [4.78, 5) is 0. The van der Waals surface area contributed by atoms with Crippen molar-refractivity contribution in [2.24, 2.45) is 0 Å². The van der Waals surface area contributed by atoms with Crippen LogP contribution >= 0.6 is 0 Å². The Morgan fingerprint density at radius 2 is 2.19 bits per heavy atom. The average Bonchev–Trinajstić information content (AvgIpc) is 2.35. The smallest absolute Gasteiger partial charge is 0.119 e. The lowest BCUT2D eigenvalue weighted by Gasteiger charge is -2.25. The molecule has 1 aromatic carbocycles. The molecule has 0 saturated heterocycles. The highest BCUT2D eigenvalue weighted by molar-refractivity contribution is 5.37. The average molecular weight is 219 g/mol. The summed E-state index contributed by atoms with van der Waals surface area (Å²) in [6.07, 6.45) is 3.42. The molecule has 2 nitrogen and oxygen atoms in total. The van der Waals surface area contributed by atoms with Crippen molar-refractivity contribution in [2.45, 2.75) is 45.7 Å². The Kier molecular flexibility index (Phi) is 3.83. The van der Waals surface area contributed by atoms with Crippen molar-refractivity contribution in [3.05, 3.63) is 29.3 Å². The normalized spacial score (nSPS) is 19.2. The number of rotatable bonds is 4. The molecule has 16 heavy (non-hydrogen) atoms. The fourth-order valence-electron chi connectivity index (χ4n) is 2.16. The second-order valence-corrected chi connectivity index (χ2v) is 4.47. The lowest BCUT2D eigenvalue weighted by atomic mass is 9.94. The molecule has 1 atom stereocenters. The molecular weight excluding hydrogens is 198 g/mol. The molecule has 88 valence electrons. The van der Waals surface area contributed by atoms with Crippen molar-refractivity contribution in [3.63, 3.8) is 0 Å². The first kappa shape index (κ1) is 11.5. The zero-order valence-corrected chi connectivity index (χ0v) is 10.3. The number of nitrogens with one attached hydrogen (secondary N) is 1. The van der Waals surface area contributed by atoms with E-state index in [1.54, 1.807) is 0 Å². The quantitative estimate of drug-likeness (QED) is 0.840. The first-order valence-electron chi connectivity index (χ1n) is 6.31. The van der Waals surface area contributed by atoms with E-state index in [-0.39, 0.29) is 0 Å². The lowest BCUT2D eigenvalue weighted by Crippen LogP contribution is -2.34. The van der Waals surface area contributed by atoms with Gasteiger partial charge in [-0.05, 0) is 42.5 Å². The van der Waals surface area contributed by atoms with Crippen molar-refractivity contribution in [2.75, 3.05) is 6.61 Å². The summed E-state index contributed by atoms with van der Waals surface area (Å²) in [5.74, 6) is 1.01. The van der Waals surface area contributed by atoms with Gasteiger partial charge in [0, 0.05) is 12.6 Å². The van der Waals surface area contributed by atoms with Crippen LogP contribution in [0.5, 0.6) is 5.75 Å². The maximum atomic E-state index is 5.65. The van der Waals surface area contributed by atoms with Crippen molar-refractivity contribution in [1.82, 2.24) is 5.32 Å². The minimum absolute atomic E-state index is 0.648. The Hall–Kier alpha value is -1.02. The Bertz CT molecular complexity index is 349. The molecule has 1 heterocycles. The number of fused-ring (bicyclic) bond motifs is 1. The highest BCUT2D eigenvalue weighted by Gasteiger charge is 2.16. The topological polar surface area (TPSA) is 21.3 Å². The fourth-order valence-corrected chi connectivity index (χ4v) is 2.16. The molecule has 0 bridgehead atoms. The Morgan fingerprint density at radius 1 is 1.31 bits per heavy atom. The highest BCUT2D eigenvalue weighted by atomic mass is 16.5. The number of hydrogen-bond acceptors (Lipinski definition) is 2. The molecule has 0 amide bonds. The summed E-state index contributed by atoms with van der Waals surface area (Å²) in [5.41, 5.74) is 2.88. The van der Waals surface area contributed by atoms with Crippen LogP contribution in [0.15, 0.2) is 18.2 Å². The molecule has 1 aliphatic rings. The number of ether oxygens (including phenoxy) is 1. The van der Waals surface area contributed by atoms with Gasteiger partial charge in [0.25, 0.3) is 0 Å². The number of hydrogen-bond donors (Lipinski definition) is 1. The van der Waals surface area contributed by atoms with Crippen molar-refractivity contribution < 1.29 is 4.74 Å². The van der Waals surface area contributed by atoms with Gasteiger partial charge in [0.05, 0.1) is 6.61 Å². The van der Waals surface area contributed by atoms with E-state index in [4.69, 9.17) is 4.74 Å². The standard InChI is InChI=1S/C14H21NO/c1-3-7-16-14-6-5-11-8-13(4-2)15-10-12(11)9-14/h5-6,9,13,15H,3-4,7-8,10H2,1-2H3. The molecule has 1 unspecified atom stereocenters. The zero-order valence-electron chi connectivity index (χ0n) is 10.3. The van der Waals surface area contributed by atoms with Gasteiger partial charge < -0.3 is 10.1 Å². The van der Waals surface area contributed by atoms with Crippen LogP contribution in [-0.4, -0.2) is 12.6 Å². The second-order valence-electron chi connectivity index (χ2n) is 4.47. The van der Waals surface area contributed by atoms with Crippen LogP contribution in [0, 0.1) is 0 Å². The van der Waals surface area contributed by atoms with Gasteiger partial charge in [-0.25, -0.2) is 0 Å². The van der Waals surface area contributed by atoms with Gasteiger partial charge in [0.2, 0.25) is 0 Å². The molecule has 0 aliphatic carbocycles. The van der Waals surface area contributed by atoms with Crippen LogP contribution in [0.4, 0.5) is 0 Å². The monoisotopic (exact) mass is 219 g/mol. The third-order valence-corrected chi connectivity index (χ3v) is 3.19. The van der Waals surface area contributed by atoms with E-state index in [1.807, 2.05) is 0 Å². The van der Waals surface area contributed by atoms with Crippen LogP contribution in [-0.2, 0) is 13.0 Å². The van der Waals surface area contributed by atoms with E-state index in [2.05, 4.69) is 37.4 Å². The van der Waals surface area contributed by atoms with E-state index in [0.29, 0.717) is 6.04 Å². The molecule has 2 rings (SSSR count). The largest absolute Gasteiger partial charge is 0.494 e. The van der Waals surface area contributed by atoms with E-state index >= 15 is 0 Å². The predicted octanol–water partition coefficient (Wildman–Crippen LogP) is 2.90. The fraction of sp³-hybridized carbons (Fsp3) is 0.571. The summed E-state index contributed by atoms with van der Waals surface area (Å²) >= 11 is 0. The van der Waals surface area contributed by atoms with E-state index in [0.717, 1.165) is 31.7 Å². The summed E-state index contributed by atoms with van der Waals surface area (Å²) < 4.78 is 5.65. The number of benzene rings is 1. The summed E-state index contributed by atoms with van der Waals surface area (Å²) in [6.45, 7) is 6.16. The van der Waals surface area contributed by atoms with Gasteiger partial charge in [0.1, 0.15) is 5.75 Å². The van der Waals surface area contributed by atoms with Crippen LogP contribution in [0.2, 0.25) is 0 Å². The maximum Gasteiger partial charge on any atom is 0.119 e. The SMILES string of the molecule is CCCOc1ccc2c(c1)CNC(CC)C2. The molecule has 2 heteroatoms. The van der Waals surface area contributed by atoms with E-state index in [1.165, 1.54) is 17.5 Å². The van der Waals surface area contributed by atoms with Gasteiger partial charge in [-0.1, -0.05) is 19.9 Å². The van der Waals surface area contributed by atoms with Crippen LogP contribution in [0.25, 0.3) is 0 Å². The Morgan fingerprint density at radius 3 is 2.94 bits per heavy atom. The highest BCUT2D eigenvalue weighted by Crippen LogP contribution is 2.23. The Balaban J connectivity index is 2.08. The summed E-state index contributed by atoms with van der Waals surface area (Å²) in [6, 6.07) is 7.16. The van der Waals surface area contributed by atoms with Gasteiger partial charge in [-0.3, -0.25) is 0 Å². The predicted molar refractivity (Wildman–Crippen MR) is 66.9 cm³/mol. The van der Waals surface area contributed by atoms with Crippen molar-refractivity contribution >= 4 is 0 Å². The molecule has 1 aliphatic heterocycles. The molecule has 0 spiro atoms. The first-order chi connectivity index (χ1) is 7.83. The minimum Gasteiger partial charge on any atom is -0.494 e. The minimum atomic E-state index is 0.648. The Labute approximate surface area is 98.0 Å². The van der Waals surface area contributed by atoms with Crippen molar-refractivity contribution in [3.8, 4) is 5.75 Å². The van der Waals surface area contributed by atoms with E-state index < -0.39 is 0 Å². The van der Waals surface area contributed by atoms with E-state index in [9.17, 15) is 0 Å². The molecule has 1 aromatic rings. The molecular formula is C14H21NO. The molecule has 0 fully saturated rings. The molecule has 1 N–H and O–H groups in total. The van der Waals surface area contributed by atoms with Crippen molar-refractivity contribution in [1.29, 1.82) is 0 Å². The van der Waals surface area contributed by atoms with Gasteiger partial charge >= 0.3 is 0 Å². The van der Waals surface area contributed by atoms with Gasteiger partial charge in [-0.15, -0.1) is 0 Å². The lowest BCUT2D eigenvalue weighted by molar-refractivity contribution is 0.316. The molecule has 0 saturated carbocycles. The second kappa shape index (κ2) is 5.35. The van der Waals surface area contributed by atoms with Crippen LogP contribution < -0.4 is 10.1 Å². The van der Waals surface area contributed by atoms with Gasteiger partial charge in [-0.2, -0.15) is 0 Å². The summed E-state index contributed by atoms with van der Waals surface area (Å²) in [7, 11) is 0. The maximum absolute atomic E-state index is 5.65. The van der Waals surface area contributed by atoms with Gasteiger partial charge in [0.15, 0.2) is 0 Å². The molecule has 0 aromatic heterocycles.